The maximum atomic E-state index is 12.6. The van der Waals surface area contributed by atoms with Gasteiger partial charge in [-0.3, -0.25) is 0 Å². The topological polar surface area (TPSA) is 96.9 Å². The first kappa shape index (κ1) is 17.3. The van der Waals surface area contributed by atoms with Gasteiger partial charge < -0.3 is 28.8 Å². The van der Waals surface area contributed by atoms with Crippen molar-refractivity contribution in [2.24, 2.45) is 0 Å². The van der Waals surface area contributed by atoms with Crippen LogP contribution in [-0.4, -0.2) is 54.9 Å². The number of aromatic nitrogens is 2. The van der Waals surface area contributed by atoms with Crippen molar-refractivity contribution in [1.82, 2.24) is 20.4 Å². The number of rotatable bonds is 5. The van der Waals surface area contributed by atoms with E-state index in [2.05, 4.69) is 15.5 Å². The van der Waals surface area contributed by atoms with Crippen LogP contribution in [0.4, 0.5) is 10.7 Å². The van der Waals surface area contributed by atoms with Gasteiger partial charge in [-0.25, -0.2) is 4.79 Å². The molecule has 9 heteroatoms. The number of hydrogen-bond acceptors (Lipinski definition) is 7. The number of furan rings is 1. The van der Waals surface area contributed by atoms with Crippen LogP contribution in [0.1, 0.15) is 30.4 Å². The third-order valence-electron chi connectivity index (χ3n) is 4.00. The average Bonchev–Trinajstić information content (AvgIpc) is 3.29. The Balaban J connectivity index is 1.63. The Morgan fingerprint density at radius 3 is 2.96 bits per heavy atom. The molecule has 1 N–H and O–H groups in total. The standard InChI is InChI=1S/C16H23N5O4/c1-4-11-5-6-13(24-11)12-10-23-8-7-21(12)16(22)17-9-14-18-15(19-25-14)20(2)3/h5-6,12H,4,7-10H2,1-3H3,(H,17,22). The third kappa shape index (κ3) is 3.93. The largest absolute Gasteiger partial charge is 0.464 e. The number of ether oxygens (including phenoxy) is 1. The van der Waals surface area contributed by atoms with Crippen molar-refractivity contribution in [3.63, 3.8) is 0 Å². The molecule has 25 heavy (non-hydrogen) atoms. The van der Waals surface area contributed by atoms with Gasteiger partial charge >= 0.3 is 6.03 Å². The normalized spacial score (nSPS) is 17.6. The first-order valence-electron chi connectivity index (χ1n) is 8.29. The van der Waals surface area contributed by atoms with E-state index < -0.39 is 0 Å². The average molecular weight is 349 g/mol. The molecule has 2 amide bonds. The van der Waals surface area contributed by atoms with Crippen molar-refractivity contribution in [3.8, 4) is 0 Å². The summed E-state index contributed by atoms with van der Waals surface area (Å²) in [6.07, 6.45) is 0.811. The van der Waals surface area contributed by atoms with Crippen molar-refractivity contribution in [2.45, 2.75) is 25.9 Å². The van der Waals surface area contributed by atoms with Crippen molar-refractivity contribution >= 4 is 12.0 Å². The Hall–Kier alpha value is -2.55. The summed E-state index contributed by atoms with van der Waals surface area (Å²) in [5, 5.41) is 6.64. The number of urea groups is 1. The summed E-state index contributed by atoms with van der Waals surface area (Å²) < 4.78 is 16.4. The first-order chi connectivity index (χ1) is 12.1. The molecule has 1 unspecified atom stereocenters. The lowest BCUT2D eigenvalue weighted by Crippen LogP contribution is -2.47. The number of aryl methyl sites for hydroxylation is 1. The molecule has 0 bridgehead atoms. The lowest BCUT2D eigenvalue weighted by atomic mass is 10.2. The van der Waals surface area contributed by atoms with Crippen LogP contribution in [0.25, 0.3) is 0 Å². The van der Waals surface area contributed by atoms with E-state index in [1.54, 1.807) is 9.80 Å². The maximum absolute atomic E-state index is 12.6. The second kappa shape index (κ2) is 7.56. The number of hydrogen-bond donors (Lipinski definition) is 1. The molecule has 0 aliphatic carbocycles. The molecular weight excluding hydrogens is 326 g/mol. The number of morpholine rings is 1. The number of nitrogens with one attached hydrogen (secondary N) is 1. The molecule has 1 fully saturated rings. The van der Waals surface area contributed by atoms with Crippen LogP contribution in [0.15, 0.2) is 21.1 Å². The highest BCUT2D eigenvalue weighted by Crippen LogP contribution is 2.26. The van der Waals surface area contributed by atoms with Crippen LogP contribution in [0.3, 0.4) is 0 Å². The zero-order valence-corrected chi connectivity index (χ0v) is 14.7. The second-order valence-electron chi connectivity index (χ2n) is 5.98. The molecule has 2 aromatic heterocycles. The highest BCUT2D eigenvalue weighted by Gasteiger charge is 2.31. The van der Waals surface area contributed by atoms with Gasteiger partial charge in [-0.05, 0) is 17.3 Å². The predicted molar refractivity (Wildman–Crippen MR) is 89.2 cm³/mol. The molecular formula is C16H23N5O4. The van der Waals surface area contributed by atoms with E-state index in [1.807, 2.05) is 33.2 Å². The van der Waals surface area contributed by atoms with E-state index in [0.717, 1.165) is 17.9 Å². The van der Waals surface area contributed by atoms with Crippen LogP contribution in [-0.2, 0) is 17.7 Å². The van der Waals surface area contributed by atoms with E-state index >= 15 is 0 Å². The van der Waals surface area contributed by atoms with E-state index in [4.69, 9.17) is 13.7 Å². The molecule has 0 saturated carbocycles. The summed E-state index contributed by atoms with van der Waals surface area (Å²) in [4.78, 5) is 20.2. The van der Waals surface area contributed by atoms with E-state index in [0.29, 0.717) is 31.6 Å². The number of carbonyl (C=O) groups is 1. The molecule has 3 heterocycles. The highest BCUT2D eigenvalue weighted by atomic mass is 16.5. The van der Waals surface area contributed by atoms with Crippen LogP contribution in [0.2, 0.25) is 0 Å². The fourth-order valence-electron chi connectivity index (χ4n) is 2.60. The van der Waals surface area contributed by atoms with Gasteiger partial charge in [0.1, 0.15) is 17.6 Å². The Morgan fingerprint density at radius 1 is 1.44 bits per heavy atom. The lowest BCUT2D eigenvalue weighted by molar-refractivity contribution is 0.00380. The summed E-state index contributed by atoms with van der Waals surface area (Å²) in [7, 11) is 3.64. The van der Waals surface area contributed by atoms with Gasteiger partial charge in [0.05, 0.1) is 19.8 Å². The molecule has 1 saturated heterocycles. The van der Waals surface area contributed by atoms with E-state index in [1.165, 1.54) is 0 Å². The molecule has 136 valence electrons. The summed E-state index contributed by atoms with van der Waals surface area (Å²) in [5.41, 5.74) is 0. The summed E-state index contributed by atoms with van der Waals surface area (Å²) in [6, 6.07) is 3.38. The van der Waals surface area contributed by atoms with Crippen molar-refractivity contribution in [2.75, 3.05) is 38.8 Å². The smallest absolute Gasteiger partial charge is 0.318 e. The molecule has 1 aliphatic rings. The molecule has 2 aromatic rings. The Bertz CT molecular complexity index is 711. The van der Waals surface area contributed by atoms with Gasteiger partial charge in [0.25, 0.3) is 5.95 Å². The van der Waals surface area contributed by atoms with Crippen LogP contribution < -0.4 is 10.2 Å². The monoisotopic (exact) mass is 349 g/mol. The Morgan fingerprint density at radius 2 is 2.28 bits per heavy atom. The van der Waals surface area contributed by atoms with Gasteiger partial charge in [0.15, 0.2) is 0 Å². The van der Waals surface area contributed by atoms with Gasteiger partial charge in [-0.2, -0.15) is 4.98 Å². The molecule has 3 rings (SSSR count). The van der Waals surface area contributed by atoms with Crippen LogP contribution in [0, 0.1) is 0 Å². The maximum Gasteiger partial charge on any atom is 0.318 e. The van der Waals surface area contributed by atoms with Gasteiger partial charge in [0.2, 0.25) is 5.89 Å². The minimum absolute atomic E-state index is 0.169. The number of nitrogens with zero attached hydrogens (tertiary/aromatic N) is 4. The predicted octanol–water partition coefficient (Wildman–Crippen LogP) is 1.57. The molecule has 0 aromatic carbocycles. The zero-order chi connectivity index (χ0) is 17.8. The van der Waals surface area contributed by atoms with Crippen molar-refractivity contribution in [1.29, 1.82) is 0 Å². The second-order valence-corrected chi connectivity index (χ2v) is 5.98. The zero-order valence-electron chi connectivity index (χ0n) is 14.7. The third-order valence-corrected chi connectivity index (χ3v) is 4.00. The number of carbonyl (C=O) groups excluding carboxylic acids is 1. The summed E-state index contributed by atoms with van der Waals surface area (Å²) in [6.45, 7) is 3.59. The van der Waals surface area contributed by atoms with Crippen molar-refractivity contribution < 1.29 is 18.5 Å². The molecule has 0 spiro atoms. The van der Waals surface area contributed by atoms with E-state index in [9.17, 15) is 4.79 Å². The summed E-state index contributed by atoms with van der Waals surface area (Å²) >= 11 is 0. The minimum Gasteiger partial charge on any atom is -0.464 e. The fraction of sp³-hybridized carbons (Fsp3) is 0.562. The van der Waals surface area contributed by atoms with Crippen LogP contribution >= 0.6 is 0 Å². The number of anilines is 1. The fourth-order valence-corrected chi connectivity index (χ4v) is 2.60. The van der Waals surface area contributed by atoms with Gasteiger partial charge in [-0.1, -0.05) is 6.92 Å². The molecule has 1 aliphatic heterocycles. The number of amides is 2. The SMILES string of the molecule is CCc1ccc(C2COCCN2C(=O)NCc2nc(N(C)C)no2)o1. The summed E-state index contributed by atoms with van der Waals surface area (Å²) in [5.74, 6) is 2.45. The molecule has 1 atom stereocenters. The van der Waals surface area contributed by atoms with Gasteiger partial charge in [-0.15, -0.1) is 0 Å². The lowest BCUT2D eigenvalue weighted by Gasteiger charge is -2.34. The first-order valence-corrected chi connectivity index (χ1v) is 8.29. The molecule has 9 nitrogen and oxygen atoms in total. The van der Waals surface area contributed by atoms with Crippen LogP contribution in [0.5, 0.6) is 0 Å². The molecule has 0 radical (unpaired) electrons. The Labute approximate surface area is 145 Å². The quantitative estimate of drug-likeness (QED) is 0.875. The highest BCUT2D eigenvalue weighted by molar-refractivity contribution is 5.74. The Kier molecular flexibility index (Phi) is 5.22. The van der Waals surface area contributed by atoms with E-state index in [-0.39, 0.29) is 18.6 Å². The van der Waals surface area contributed by atoms with Gasteiger partial charge in [0, 0.05) is 27.1 Å². The van der Waals surface area contributed by atoms with Crippen molar-refractivity contribution in [3.05, 3.63) is 29.5 Å². The minimum atomic E-state index is -0.242.